The number of alkyl halides is 3. The molecule has 15 heteroatoms. The number of pyridine rings is 1. The number of nitrogens with zero attached hydrogens (tertiary/aromatic N) is 5. The van der Waals surface area contributed by atoms with Gasteiger partial charge < -0.3 is 20.3 Å². The van der Waals surface area contributed by atoms with Gasteiger partial charge in [0.15, 0.2) is 0 Å². The number of amides is 2. The lowest BCUT2D eigenvalue weighted by atomic mass is 10.2. The van der Waals surface area contributed by atoms with Gasteiger partial charge in [0.1, 0.15) is 33.5 Å². The van der Waals surface area contributed by atoms with Crippen LogP contribution in [0, 0.1) is 0 Å². The summed E-state index contributed by atoms with van der Waals surface area (Å²) in [5.74, 6) is -0.853. The summed E-state index contributed by atoms with van der Waals surface area (Å²) in [5, 5.41) is 4.90. The summed E-state index contributed by atoms with van der Waals surface area (Å²) in [4.78, 5) is 43.5. The summed E-state index contributed by atoms with van der Waals surface area (Å²) >= 11 is 6.53. The minimum Gasteiger partial charge on any atom is -0.378 e. The zero-order chi connectivity index (χ0) is 25.9. The van der Waals surface area contributed by atoms with Crippen LogP contribution in [0.1, 0.15) is 43.7 Å². The third-order valence-corrected chi connectivity index (χ3v) is 6.57. The zero-order valence-electron chi connectivity index (χ0n) is 18.7. The number of nitrogens with one attached hydrogen (secondary N) is 2. The fraction of sp³-hybridized carbons (Fsp3) is 0.333. The van der Waals surface area contributed by atoms with E-state index in [1.165, 1.54) is 12.5 Å². The highest BCUT2D eigenvalue weighted by atomic mass is 35.5. The molecule has 0 bridgehead atoms. The summed E-state index contributed by atoms with van der Waals surface area (Å²) in [6, 6.07) is 1.66. The van der Waals surface area contributed by atoms with E-state index in [-0.39, 0.29) is 16.4 Å². The van der Waals surface area contributed by atoms with Gasteiger partial charge in [-0.15, -0.1) is 11.3 Å². The number of halogens is 4. The van der Waals surface area contributed by atoms with Gasteiger partial charge in [0, 0.05) is 25.4 Å². The van der Waals surface area contributed by atoms with Crippen molar-refractivity contribution in [3.8, 4) is 0 Å². The van der Waals surface area contributed by atoms with E-state index in [2.05, 4.69) is 30.6 Å². The van der Waals surface area contributed by atoms with Gasteiger partial charge in [-0.3, -0.25) is 9.59 Å². The topological polar surface area (TPSA) is 122 Å². The maximum absolute atomic E-state index is 13.0. The highest BCUT2D eigenvalue weighted by Gasteiger charge is 2.34. The molecule has 0 spiro atoms. The molecule has 0 aromatic carbocycles. The number of carbonyl (C=O) groups is 2. The third-order valence-electron chi connectivity index (χ3n) is 5.09. The second-order valence-electron chi connectivity index (χ2n) is 7.62. The molecule has 10 nitrogen and oxygen atoms in total. The van der Waals surface area contributed by atoms with Crippen molar-refractivity contribution in [3.05, 3.63) is 57.0 Å². The van der Waals surface area contributed by atoms with Crippen molar-refractivity contribution in [1.82, 2.24) is 25.3 Å². The largest absolute Gasteiger partial charge is 0.418 e. The van der Waals surface area contributed by atoms with Crippen LogP contribution in [0.3, 0.4) is 0 Å². The van der Waals surface area contributed by atoms with Gasteiger partial charge in [-0.1, -0.05) is 11.6 Å². The first kappa shape index (κ1) is 25.7. The second-order valence-corrected chi connectivity index (χ2v) is 9.09. The molecule has 2 amide bonds. The van der Waals surface area contributed by atoms with Crippen LogP contribution in [0.5, 0.6) is 0 Å². The number of anilines is 2. The molecule has 1 aliphatic rings. The van der Waals surface area contributed by atoms with E-state index in [9.17, 15) is 22.8 Å². The molecule has 0 saturated carbocycles. The minimum atomic E-state index is -4.70. The molecule has 3 aromatic rings. The Hall–Kier alpha value is -3.36. The van der Waals surface area contributed by atoms with Crippen molar-refractivity contribution >= 4 is 46.4 Å². The number of carbonyl (C=O) groups excluding carboxylic acids is 2. The standard InChI is InChI=1S/C21H19ClF3N7O3S/c1-11(30-18(33)14-7-17(29-10-28-14)32-2-4-35-5-3-32)20-27-9-15(36-20)19(34)31-16-6-12(21(23,24)25)13(22)8-26-16/h6-11H,2-5H2,1H3,(H,30,33)(H,26,31,34)/t11-/m0/s1. The molecule has 1 saturated heterocycles. The van der Waals surface area contributed by atoms with Crippen LogP contribution >= 0.6 is 22.9 Å². The van der Waals surface area contributed by atoms with E-state index >= 15 is 0 Å². The number of thiazole rings is 1. The molecule has 0 radical (unpaired) electrons. The van der Waals surface area contributed by atoms with Crippen LogP contribution in [0.4, 0.5) is 24.8 Å². The highest BCUT2D eigenvalue weighted by molar-refractivity contribution is 7.13. The Morgan fingerprint density at radius 3 is 2.58 bits per heavy atom. The van der Waals surface area contributed by atoms with Crippen molar-refractivity contribution in [3.63, 3.8) is 0 Å². The van der Waals surface area contributed by atoms with Gasteiger partial charge in [-0.25, -0.2) is 19.9 Å². The number of rotatable bonds is 6. The lowest BCUT2D eigenvalue weighted by Gasteiger charge is -2.27. The maximum Gasteiger partial charge on any atom is 0.418 e. The summed E-state index contributed by atoms with van der Waals surface area (Å²) < 4.78 is 44.5. The van der Waals surface area contributed by atoms with Crippen LogP contribution in [0.2, 0.25) is 5.02 Å². The quantitative estimate of drug-likeness (QED) is 0.485. The van der Waals surface area contributed by atoms with E-state index in [4.69, 9.17) is 16.3 Å². The first-order chi connectivity index (χ1) is 17.1. The Kier molecular flexibility index (Phi) is 7.66. The second kappa shape index (κ2) is 10.7. The van der Waals surface area contributed by atoms with E-state index in [0.29, 0.717) is 43.2 Å². The third kappa shape index (κ3) is 6.06. The van der Waals surface area contributed by atoms with Crippen LogP contribution < -0.4 is 15.5 Å². The predicted molar refractivity (Wildman–Crippen MR) is 125 cm³/mol. The molecule has 0 unspecified atom stereocenters. The molecule has 4 heterocycles. The van der Waals surface area contributed by atoms with Crippen molar-refractivity contribution in [2.24, 2.45) is 0 Å². The van der Waals surface area contributed by atoms with Gasteiger partial charge in [0.2, 0.25) is 0 Å². The smallest absolute Gasteiger partial charge is 0.378 e. The lowest BCUT2D eigenvalue weighted by molar-refractivity contribution is -0.137. The predicted octanol–water partition coefficient (Wildman–Crippen LogP) is 3.58. The molecule has 36 heavy (non-hydrogen) atoms. The first-order valence-corrected chi connectivity index (χ1v) is 11.8. The fourth-order valence-electron chi connectivity index (χ4n) is 3.26. The van der Waals surface area contributed by atoms with Crippen molar-refractivity contribution < 1.29 is 27.5 Å². The Bertz CT molecular complexity index is 1270. The molecule has 3 aromatic heterocycles. The number of ether oxygens (including phenoxy) is 1. The van der Waals surface area contributed by atoms with Crippen molar-refractivity contribution in [2.45, 2.75) is 19.1 Å². The molecular formula is C21H19ClF3N7O3S. The molecule has 0 aliphatic carbocycles. The van der Waals surface area contributed by atoms with Gasteiger partial charge in [-0.2, -0.15) is 13.2 Å². The van der Waals surface area contributed by atoms with Gasteiger partial charge in [-0.05, 0) is 13.0 Å². The maximum atomic E-state index is 13.0. The molecular weight excluding hydrogens is 523 g/mol. The average molecular weight is 542 g/mol. The van der Waals surface area contributed by atoms with Crippen LogP contribution in [0.25, 0.3) is 0 Å². The molecule has 1 atom stereocenters. The van der Waals surface area contributed by atoms with Crippen LogP contribution in [-0.4, -0.2) is 58.1 Å². The number of hydrogen-bond acceptors (Lipinski definition) is 9. The Morgan fingerprint density at radius 2 is 1.86 bits per heavy atom. The van der Waals surface area contributed by atoms with Crippen LogP contribution in [0.15, 0.2) is 30.9 Å². The minimum absolute atomic E-state index is 0.119. The van der Waals surface area contributed by atoms with Gasteiger partial charge in [0.05, 0.1) is 36.0 Å². The van der Waals surface area contributed by atoms with Gasteiger partial charge in [0.25, 0.3) is 11.8 Å². The number of aromatic nitrogens is 4. The lowest BCUT2D eigenvalue weighted by Crippen LogP contribution is -2.37. The Balaban J connectivity index is 1.40. The molecule has 4 rings (SSSR count). The van der Waals surface area contributed by atoms with E-state index in [1.807, 2.05) is 4.90 Å². The van der Waals surface area contributed by atoms with E-state index in [1.54, 1.807) is 13.0 Å². The normalized spacial score (nSPS) is 14.9. The zero-order valence-corrected chi connectivity index (χ0v) is 20.2. The summed E-state index contributed by atoms with van der Waals surface area (Å²) in [5.41, 5.74) is -0.945. The number of hydrogen-bond donors (Lipinski definition) is 2. The molecule has 2 N–H and O–H groups in total. The van der Waals surface area contributed by atoms with E-state index in [0.717, 1.165) is 17.5 Å². The fourth-order valence-corrected chi connectivity index (χ4v) is 4.29. The Labute approximate surface area is 211 Å². The van der Waals surface area contributed by atoms with Crippen LogP contribution in [-0.2, 0) is 10.9 Å². The molecule has 1 fully saturated rings. The SMILES string of the molecule is C[C@H](NC(=O)c1cc(N2CCOCC2)ncn1)c1ncc(C(=O)Nc2cc(C(F)(F)F)c(Cl)cn2)s1. The summed E-state index contributed by atoms with van der Waals surface area (Å²) in [7, 11) is 0. The first-order valence-electron chi connectivity index (χ1n) is 10.6. The van der Waals surface area contributed by atoms with Crippen molar-refractivity contribution in [1.29, 1.82) is 0 Å². The molecule has 190 valence electrons. The average Bonchev–Trinajstić information content (AvgIpc) is 3.36. The number of morpholine rings is 1. The van der Waals surface area contributed by atoms with Gasteiger partial charge >= 0.3 is 6.18 Å². The highest BCUT2D eigenvalue weighted by Crippen LogP contribution is 2.35. The van der Waals surface area contributed by atoms with Crippen molar-refractivity contribution in [2.75, 3.05) is 36.5 Å². The Morgan fingerprint density at radius 1 is 1.11 bits per heavy atom. The monoisotopic (exact) mass is 541 g/mol. The summed E-state index contributed by atoms with van der Waals surface area (Å²) in [6.45, 7) is 4.13. The summed E-state index contributed by atoms with van der Waals surface area (Å²) in [6.07, 6.45) is -1.31. The molecule has 1 aliphatic heterocycles. The van der Waals surface area contributed by atoms with E-state index < -0.39 is 34.6 Å².